The average molecular weight is 549 g/mol. The van der Waals surface area contributed by atoms with Crippen molar-refractivity contribution in [2.45, 2.75) is 42.9 Å². The van der Waals surface area contributed by atoms with E-state index in [1.807, 2.05) is 60.7 Å². The second kappa shape index (κ2) is 11.9. The molecular formula is C29H29Cl2F3N2O. The molecule has 3 aromatic rings. The monoisotopic (exact) mass is 548 g/mol. The van der Waals surface area contributed by atoms with Gasteiger partial charge in [0.1, 0.15) is 5.41 Å². The summed E-state index contributed by atoms with van der Waals surface area (Å²) in [5, 5.41) is 21.1. The topological polar surface area (TPSA) is 47.3 Å². The van der Waals surface area contributed by atoms with E-state index in [0.717, 1.165) is 30.2 Å². The fourth-order valence-corrected chi connectivity index (χ4v) is 5.35. The van der Waals surface area contributed by atoms with Gasteiger partial charge in [-0.25, -0.2) is 0 Å². The molecule has 0 aromatic heterocycles. The van der Waals surface area contributed by atoms with Crippen LogP contribution in [0.25, 0.3) is 0 Å². The molecule has 1 fully saturated rings. The number of piperidine rings is 1. The Balaban J connectivity index is 0.00000380. The molecule has 0 atom stereocenters. The van der Waals surface area contributed by atoms with Gasteiger partial charge >= 0.3 is 6.18 Å². The van der Waals surface area contributed by atoms with E-state index in [1.165, 1.54) is 12.1 Å². The van der Waals surface area contributed by atoms with Crippen LogP contribution in [0.1, 0.15) is 47.9 Å². The normalized spacial score (nSPS) is 16.0. The standard InChI is InChI=1S/C29H28ClF3N2O.ClH/c30-26-13-12-24(20-25(26)29(31,32)33)28(36)15-18-35(19-16-28)17-7-14-27(21-34,22-8-3-1-4-9-22)23-10-5-2-6-11-23;/h1-6,8-13,20,36H,7,14-19H2;1H. The Morgan fingerprint density at radius 3 is 1.95 bits per heavy atom. The molecule has 1 heterocycles. The maximum absolute atomic E-state index is 13.3. The van der Waals surface area contributed by atoms with E-state index < -0.39 is 22.8 Å². The first-order valence-electron chi connectivity index (χ1n) is 12.0. The largest absolute Gasteiger partial charge is 0.417 e. The third-order valence-electron chi connectivity index (χ3n) is 7.24. The Hall–Kier alpha value is -2.56. The molecule has 1 aliphatic rings. The number of rotatable bonds is 7. The van der Waals surface area contributed by atoms with Crippen molar-refractivity contribution in [2.75, 3.05) is 19.6 Å². The summed E-state index contributed by atoms with van der Waals surface area (Å²) in [7, 11) is 0. The van der Waals surface area contributed by atoms with Crippen LogP contribution in [0.4, 0.5) is 13.2 Å². The second-order valence-corrected chi connectivity index (χ2v) is 9.83. The maximum Gasteiger partial charge on any atom is 0.417 e. The lowest BCUT2D eigenvalue weighted by molar-refractivity contribution is -0.137. The Labute approximate surface area is 226 Å². The minimum atomic E-state index is -4.57. The van der Waals surface area contributed by atoms with Crippen LogP contribution in [0.5, 0.6) is 0 Å². The number of nitriles is 1. The SMILES string of the molecule is Cl.N#CC(CCCN1CCC(O)(c2ccc(Cl)c(C(F)(F)F)c2)CC1)(c1ccccc1)c1ccccc1. The lowest BCUT2D eigenvalue weighted by Crippen LogP contribution is -2.43. The molecule has 0 saturated carbocycles. The third kappa shape index (κ3) is 6.30. The van der Waals surface area contributed by atoms with E-state index in [1.54, 1.807) is 0 Å². The first-order valence-corrected chi connectivity index (χ1v) is 12.4. The fraction of sp³-hybridized carbons (Fsp3) is 0.345. The summed E-state index contributed by atoms with van der Waals surface area (Å²) >= 11 is 5.75. The van der Waals surface area contributed by atoms with Crippen LogP contribution < -0.4 is 0 Å². The van der Waals surface area contributed by atoms with E-state index in [0.29, 0.717) is 32.4 Å². The summed E-state index contributed by atoms with van der Waals surface area (Å²) in [6.07, 6.45) is -2.53. The third-order valence-corrected chi connectivity index (χ3v) is 7.57. The van der Waals surface area contributed by atoms with Gasteiger partial charge in [-0.3, -0.25) is 0 Å². The van der Waals surface area contributed by atoms with Gasteiger partial charge in [0.05, 0.1) is 22.3 Å². The van der Waals surface area contributed by atoms with E-state index in [-0.39, 0.29) is 23.0 Å². The van der Waals surface area contributed by atoms with E-state index in [4.69, 9.17) is 11.6 Å². The van der Waals surface area contributed by atoms with Gasteiger partial charge in [0.15, 0.2) is 0 Å². The molecule has 3 aromatic carbocycles. The predicted octanol–water partition coefficient (Wildman–Crippen LogP) is 7.35. The van der Waals surface area contributed by atoms with Crippen LogP contribution in [0.2, 0.25) is 5.02 Å². The smallest absolute Gasteiger partial charge is 0.385 e. The Bertz CT molecular complexity index is 1170. The van der Waals surface area contributed by atoms with Crippen molar-refractivity contribution in [1.29, 1.82) is 5.26 Å². The summed E-state index contributed by atoms with van der Waals surface area (Å²) in [6, 6.07) is 25.8. The zero-order chi connectivity index (χ0) is 25.8. The Kier molecular flexibility index (Phi) is 9.31. The van der Waals surface area contributed by atoms with Crippen molar-refractivity contribution < 1.29 is 18.3 Å². The summed E-state index contributed by atoms with van der Waals surface area (Å²) < 4.78 is 39.9. The summed E-state index contributed by atoms with van der Waals surface area (Å²) in [5.74, 6) is 0. The van der Waals surface area contributed by atoms with Gasteiger partial charge in [-0.1, -0.05) is 78.3 Å². The molecule has 0 spiro atoms. The van der Waals surface area contributed by atoms with Gasteiger partial charge in [-0.05, 0) is 61.1 Å². The molecule has 0 aliphatic carbocycles. The molecule has 196 valence electrons. The molecule has 8 heteroatoms. The lowest BCUT2D eigenvalue weighted by atomic mass is 9.72. The van der Waals surface area contributed by atoms with Gasteiger partial charge in [0.2, 0.25) is 0 Å². The van der Waals surface area contributed by atoms with Gasteiger partial charge in [-0.15, -0.1) is 12.4 Å². The zero-order valence-electron chi connectivity index (χ0n) is 20.2. The highest BCUT2D eigenvalue weighted by atomic mass is 35.5. The number of hydrogen-bond acceptors (Lipinski definition) is 3. The number of aliphatic hydroxyl groups is 1. The number of halogens is 5. The highest BCUT2D eigenvalue weighted by Crippen LogP contribution is 2.40. The lowest BCUT2D eigenvalue weighted by Gasteiger charge is -2.39. The molecule has 0 unspecified atom stereocenters. The van der Waals surface area contributed by atoms with E-state index in [2.05, 4.69) is 11.0 Å². The predicted molar refractivity (Wildman–Crippen MR) is 142 cm³/mol. The van der Waals surface area contributed by atoms with Crippen LogP contribution in [0.15, 0.2) is 78.9 Å². The van der Waals surface area contributed by atoms with E-state index >= 15 is 0 Å². The van der Waals surface area contributed by atoms with Crippen molar-refractivity contribution >= 4 is 24.0 Å². The van der Waals surface area contributed by atoms with Crippen molar-refractivity contribution in [1.82, 2.24) is 4.90 Å². The highest BCUT2D eigenvalue weighted by Gasteiger charge is 2.39. The van der Waals surface area contributed by atoms with Gasteiger partial charge in [0.25, 0.3) is 0 Å². The first kappa shape index (κ1) is 29.0. The molecule has 4 rings (SSSR count). The van der Waals surface area contributed by atoms with Crippen LogP contribution in [-0.2, 0) is 17.2 Å². The second-order valence-electron chi connectivity index (χ2n) is 9.42. The van der Waals surface area contributed by atoms with Crippen molar-refractivity contribution in [3.63, 3.8) is 0 Å². The van der Waals surface area contributed by atoms with E-state index in [9.17, 15) is 23.5 Å². The van der Waals surface area contributed by atoms with Crippen molar-refractivity contribution in [3.8, 4) is 6.07 Å². The summed E-state index contributed by atoms with van der Waals surface area (Å²) in [5.41, 5.74) is -0.866. The number of hydrogen-bond donors (Lipinski definition) is 1. The molecule has 1 N–H and O–H groups in total. The van der Waals surface area contributed by atoms with Crippen molar-refractivity contribution in [3.05, 3.63) is 106 Å². The van der Waals surface area contributed by atoms with Crippen molar-refractivity contribution in [2.24, 2.45) is 0 Å². The molecule has 0 radical (unpaired) electrons. The first-order chi connectivity index (χ1) is 17.2. The van der Waals surface area contributed by atoms with Crippen LogP contribution in [-0.4, -0.2) is 29.6 Å². The number of alkyl halides is 3. The Morgan fingerprint density at radius 2 is 1.46 bits per heavy atom. The molecular weight excluding hydrogens is 520 g/mol. The average Bonchev–Trinajstić information content (AvgIpc) is 2.88. The molecule has 0 bridgehead atoms. The van der Waals surface area contributed by atoms with Crippen LogP contribution >= 0.6 is 24.0 Å². The molecule has 1 aliphatic heterocycles. The van der Waals surface area contributed by atoms with Gasteiger partial charge in [-0.2, -0.15) is 18.4 Å². The summed E-state index contributed by atoms with van der Waals surface area (Å²) in [6.45, 7) is 1.83. The number of likely N-dealkylation sites (tertiary alicyclic amines) is 1. The number of nitrogens with zero attached hydrogens (tertiary/aromatic N) is 2. The van der Waals surface area contributed by atoms with Gasteiger partial charge < -0.3 is 10.0 Å². The molecule has 3 nitrogen and oxygen atoms in total. The zero-order valence-corrected chi connectivity index (χ0v) is 21.8. The minimum Gasteiger partial charge on any atom is -0.385 e. The molecule has 0 amide bonds. The highest BCUT2D eigenvalue weighted by molar-refractivity contribution is 6.31. The minimum absolute atomic E-state index is 0. The Morgan fingerprint density at radius 1 is 0.919 bits per heavy atom. The fourth-order valence-electron chi connectivity index (χ4n) is 5.12. The summed E-state index contributed by atoms with van der Waals surface area (Å²) in [4.78, 5) is 2.20. The van der Waals surface area contributed by atoms with Crippen LogP contribution in [0.3, 0.4) is 0 Å². The van der Waals surface area contributed by atoms with Crippen LogP contribution in [0, 0.1) is 11.3 Å². The quantitative estimate of drug-likeness (QED) is 0.335. The number of benzene rings is 3. The molecule has 37 heavy (non-hydrogen) atoms. The molecule has 1 saturated heterocycles. The van der Waals surface area contributed by atoms with Gasteiger partial charge in [0, 0.05) is 13.1 Å². The maximum atomic E-state index is 13.3.